The highest BCUT2D eigenvalue weighted by molar-refractivity contribution is 7.99. The number of piperidine rings is 1. The van der Waals surface area contributed by atoms with E-state index < -0.39 is 0 Å². The second kappa shape index (κ2) is 8.05. The molecule has 1 aliphatic heterocycles. The Morgan fingerprint density at radius 3 is 2.75 bits per heavy atom. The van der Waals surface area contributed by atoms with Gasteiger partial charge in [-0.1, -0.05) is 36.4 Å². The van der Waals surface area contributed by atoms with Gasteiger partial charge in [0.05, 0.1) is 10.4 Å². The van der Waals surface area contributed by atoms with Gasteiger partial charge in [0.15, 0.2) is 5.65 Å². The van der Waals surface area contributed by atoms with E-state index in [1.165, 1.54) is 37.0 Å². The zero-order valence-corrected chi connectivity index (χ0v) is 19.2. The average molecular weight is 445 g/mol. The molecule has 0 unspecified atom stereocenters. The lowest BCUT2D eigenvalue weighted by Crippen LogP contribution is -2.48. The lowest BCUT2D eigenvalue weighted by Gasteiger charge is -2.43. The Hall–Kier alpha value is -2.64. The van der Waals surface area contributed by atoms with Gasteiger partial charge in [0.25, 0.3) is 0 Å². The van der Waals surface area contributed by atoms with E-state index in [0.717, 1.165) is 40.5 Å². The van der Waals surface area contributed by atoms with E-state index in [2.05, 4.69) is 50.9 Å². The summed E-state index contributed by atoms with van der Waals surface area (Å²) >= 11 is 1.71. The molecule has 0 radical (unpaired) electrons. The summed E-state index contributed by atoms with van der Waals surface area (Å²) in [6.45, 7) is 2.11. The summed E-state index contributed by atoms with van der Waals surface area (Å²) in [7, 11) is 2.13. The van der Waals surface area contributed by atoms with E-state index in [1.807, 2.05) is 30.9 Å². The third kappa shape index (κ3) is 3.26. The monoisotopic (exact) mass is 444 g/mol. The van der Waals surface area contributed by atoms with Crippen molar-refractivity contribution in [1.29, 1.82) is 0 Å². The van der Waals surface area contributed by atoms with Crippen molar-refractivity contribution in [2.45, 2.75) is 47.9 Å². The number of aromatic nitrogens is 4. The summed E-state index contributed by atoms with van der Waals surface area (Å²) in [6, 6.07) is 11.0. The Kier molecular flexibility index (Phi) is 5.03. The van der Waals surface area contributed by atoms with Crippen LogP contribution in [0.25, 0.3) is 16.6 Å². The average Bonchev–Trinajstić information content (AvgIpc) is 3.48. The summed E-state index contributed by atoms with van der Waals surface area (Å²) < 4.78 is 2.16. The molecule has 1 aromatic carbocycles. The van der Waals surface area contributed by atoms with E-state index in [0.29, 0.717) is 11.5 Å². The number of rotatable bonds is 4. The van der Waals surface area contributed by atoms with Crippen molar-refractivity contribution in [3.63, 3.8) is 0 Å². The lowest BCUT2D eigenvalue weighted by molar-refractivity contribution is 0.177. The number of nitrogens with zero attached hydrogens (tertiary/aromatic N) is 5. The summed E-state index contributed by atoms with van der Waals surface area (Å²) in [5.74, 6) is 1.01. The van der Waals surface area contributed by atoms with Crippen LogP contribution in [0.3, 0.4) is 0 Å². The predicted octanol–water partition coefficient (Wildman–Crippen LogP) is 4.79. The number of pyridine rings is 1. The number of hydrogen-bond donors (Lipinski definition) is 1. The third-order valence-corrected chi connectivity index (χ3v) is 8.58. The van der Waals surface area contributed by atoms with Gasteiger partial charge in [-0.2, -0.15) is 0 Å². The van der Waals surface area contributed by atoms with Gasteiger partial charge in [-0.05, 0) is 50.3 Å². The van der Waals surface area contributed by atoms with Crippen LogP contribution in [0.4, 0.5) is 5.95 Å². The fraction of sp³-hybridized carbons (Fsp3) is 0.400. The van der Waals surface area contributed by atoms with Gasteiger partial charge in [0.2, 0.25) is 5.95 Å². The highest BCUT2D eigenvalue weighted by Gasteiger charge is 2.44. The van der Waals surface area contributed by atoms with E-state index in [-0.39, 0.29) is 0 Å². The van der Waals surface area contributed by atoms with Crippen LogP contribution < -0.4 is 10.2 Å². The first-order valence-corrected chi connectivity index (χ1v) is 12.3. The number of nitrogens with one attached hydrogen (secondary N) is 1. The van der Waals surface area contributed by atoms with Crippen molar-refractivity contribution < 1.29 is 0 Å². The number of anilines is 1. The Morgan fingerprint density at radius 1 is 1.00 bits per heavy atom. The maximum atomic E-state index is 4.93. The fourth-order valence-electron chi connectivity index (χ4n) is 5.81. The largest absolute Gasteiger partial charge is 0.342 e. The molecule has 6 rings (SSSR count). The van der Waals surface area contributed by atoms with Gasteiger partial charge >= 0.3 is 0 Å². The Balaban J connectivity index is 1.29. The molecule has 4 aromatic rings. The summed E-state index contributed by atoms with van der Waals surface area (Å²) in [6.07, 6.45) is 14.3. The lowest BCUT2D eigenvalue weighted by atomic mass is 9.74. The first-order valence-electron chi connectivity index (χ1n) is 11.5. The maximum absolute atomic E-state index is 4.93. The molecule has 2 aliphatic rings. The molecule has 6 nitrogen and oxygen atoms in total. The molecular formula is C25H28N6S. The molecular weight excluding hydrogens is 416 g/mol. The minimum atomic E-state index is 0.470. The minimum absolute atomic E-state index is 0.470. The summed E-state index contributed by atoms with van der Waals surface area (Å²) in [5, 5.41) is 4.75. The van der Waals surface area contributed by atoms with Gasteiger partial charge in [0, 0.05) is 54.2 Å². The smallest absolute Gasteiger partial charge is 0.211 e. The Bertz CT molecular complexity index is 1250. The number of imidazole rings is 1. The molecule has 4 heterocycles. The summed E-state index contributed by atoms with van der Waals surface area (Å²) in [5.41, 5.74) is 2.45. The SMILES string of the molecule is CN[C@@H]1CCCC12CCN(c1ncc(Sc3ccnc4ccccc34)c3nccn13)CC2. The van der Waals surface area contributed by atoms with Gasteiger partial charge in [-0.25, -0.2) is 9.97 Å². The third-order valence-electron chi connectivity index (χ3n) is 7.50. The van der Waals surface area contributed by atoms with Crippen molar-refractivity contribution in [2.75, 3.05) is 25.0 Å². The molecule has 7 heteroatoms. The van der Waals surface area contributed by atoms with Crippen molar-refractivity contribution in [3.05, 3.63) is 55.1 Å². The van der Waals surface area contributed by atoms with Crippen LogP contribution in [-0.2, 0) is 0 Å². The molecule has 32 heavy (non-hydrogen) atoms. The highest BCUT2D eigenvalue weighted by Crippen LogP contribution is 2.47. The van der Waals surface area contributed by atoms with E-state index in [4.69, 9.17) is 9.97 Å². The zero-order chi connectivity index (χ0) is 21.5. The highest BCUT2D eigenvalue weighted by atomic mass is 32.2. The molecule has 164 valence electrons. The van der Waals surface area contributed by atoms with Crippen molar-refractivity contribution in [1.82, 2.24) is 24.7 Å². The first-order chi connectivity index (χ1) is 15.8. The topological polar surface area (TPSA) is 58.3 Å². The minimum Gasteiger partial charge on any atom is -0.342 e. The van der Waals surface area contributed by atoms with Crippen LogP contribution in [0.1, 0.15) is 32.1 Å². The predicted molar refractivity (Wildman–Crippen MR) is 129 cm³/mol. The maximum Gasteiger partial charge on any atom is 0.211 e. The van der Waals surface area contributed by atoms with Crippen LogP contribution in [0.2, 0.25) is 0 Å². The molecule has 1 N–H and O–H groups in total. The van der Waals surface area contributed by atoms with Crippen molar-refractivity contribution in [3.8, 4) is 0 Å². The second-order valence-electron chi connectivity index (χ2n) is 9.05. The quantitative estimate of drug-likeness (QED) is 0.489. The number of fused-ring (bicyclic) bond motifs is 2. The standard InChI is InChI=1S/C25H28N6S/c1-26-22-7-4-9-25(22)10-14-30(15-11-25)24-29-17-21(23-28-13-16-31(23)24)32-20-8-12-27-19-6-3-2-5-18(19)20/h2-3,5-6,8,12-13,16-17,22,26H,4,7,9-11,14-15H2,1H3/t22-/m1/s1. The molecule has 0 bridgehead atoms. The van der Waals surface area contributed by atoms with Crippen molar-refractivity contribution >= 4 is 34.3 Å². The Morgan fingerprint density at radius 2 is 1.88 bits per heavy atom. The molecule has 1 saturated carbocycles. The molecule has 2 fully saturated rings. The van der Waals surface area contributed by atoms with E-state index in [9.17, 15) is 0 Å². The molecule has 1 spiro atoms. The van der Waals surface area contributed by atoms with Crippen LogP contribution in [0.5, 0.6) is 0 Å². The van der Waals surface area contributed by atoms with Crippen LogP contribution in [0, 0.1) is 5.41 Å². The first kappa shape index (κ1) is 20.0. The van der Waals surface area contributed by atoms with Crippen LogP contribution >= 0.6 is 11.8 Å². The van der Waals surface area contributed by atoms with Gasteiger partial charge < -0.3 is 10.2 Å². The molecule has 1 atom stereocenters. The van der Waals surface area contributed by atoms with Gasteiger partial charge in [-0.3, -0.25) is 9.38 Å². The Labute approximate surface area is 192 Å². The zero-order valence-electron chi connectivity index (χ0n) is 18.4. The molecule has 0 amide bonds. The normalized spacial score (nSPS) is 20.5. The number of para-hydroxylation sites is 1. The summed E-state index contributed by atoms with van der Waals surface area (Å²) in [4.78, 5) is 18.8. The van der Waals surface area contributed by atoms with E-state index >= 15 is 0 Å². The molecule has 3 aromatic heterocycles. The number of hydrogen-bond acceptors (Lipinski definition) is 6. The van der Waals surface area contributed by atoms with E-state index in [1.54, 1.807) is 11.8 Å². The van der Waals surface area contributed by atoms with Crippen LogP contribution in [0.15, 0.2) is 64.9 Å². The number of benzene rings is 1. The van der Waals surface area contributed by atoms with Gasteiger partial charge in [0.1, 0.15) is 0 Å². The van der Waals surface area contributed by atoms with Crippen LogP contribution in [-0.4, -0.2) is 45.5 Å². The van der Waals surface area contributed by atoms with Gasteiger partial charge in [-0.15, -0.1) is 0 Å². The molecule has 1 aliphatic carbocycles. The molecule has 1 saturated heterocycles. The fourth-order valence-corrected chi connectivity index (χ4v) is 6.80. The second-order valence-corrected chi connectivity index (χ2v) is 10.1. The van der Waals surface area contributed by atoms with Crippen molar-refractivity contribution in [2.24, 2.45) is 5.41 Å².